The molecule has 1 aliphatic heterocycles. The minimum atomic E-state index is -3.84. The number of nitrogens with zero attached hydrogens (tertiary/aromatic N) is 1. The van der Waals surface area contributed by atoms with Crippen LogP contribution in [0.25, 0.3) is 0 Å². The van der Waals surface area contributed by atoms with Crippen LogP contribution in [0.15, 0.2) is 47.4 Å². The lowest BCUT2D eigenvalue weighted by atomic mass is 10.1. The van der Waals surface area contributed by atoms with Crippen LogP contribution in [-0.4, -0.2) is 52.1 Å². The second-order valence-electron chi connectivity index (χ2n) is 7.60. The lowest BCUT2D eigenvalue weighted by molar-refractivity contribution is 0.0762. The molecule has 1 fully saturated rings. The molecule has 2 aromatic rings. The van der Waals surface area contributed by atoms with Gasteiger partial charge in [-0.1, -0.05) is 6.07 Å². The molecule has 2 aromatic carbocycles. The molecule has 1 aliphatic rings. The maximum atomic E-state index is 13.1. The number of ether oxygens (including phenoxy) is 2. The van der Waals surface area contributed by atoms with Crippen LogP contribution in [0, 0.1) is 12.8 Å². The van der Waals surface area contributed by atoms with Crippen molar-refractivity contribution in [3.05, 3.63) is 53.6 Å². The molecule has 0 bridgehead atoms. The van der Waals surface area contributed by atoms with Crippen molar-refractivity contribution in [1.29, 1.82) is 0 Å². The van der Waals surface area contributed by atoms with Gasteiger partial charge in [0, 0.05) is 36.9 Å². The largest absolute Gasteiger partial charge is 0.494 e. The number of sulfonamides is 1. The van der Waals surface area contributed by atoms with Crippen LogP contribution < -0.4 is 9.46 Å². The monoisotopic (exact) mass is 446 g/mol. The summed E-state index contributed by atoms with van der Waals surface area (Å²) < 4.78 is 39.2. The van der Waals surface area contributed by atoms with Crippen molar-refractivity contribution in [3.63, 3.8) is 0 Å². The summed E-state index contributed by atoms with van der Waals surface area (Å²) in [6.07, 6.45) is 0.891. The zero-order chi connectivity index (χ0) is 22.4. The highest BCUT2D eigenvalue weighted by Crippen LogP contribution is 2.24. The summed E-state index contributed by atoms with van der Waals surface area (Å²) in [5, 5.41) is 0. The molecule has 1 atom stereocenters. The fourth-order valence-electron chi connectivity index (χ4n) is 3.61. The van der Waals surface area contributed by atoms with Gasteiger partial charge in [-0.3, -0.25) is 9.52 Å². The maximum Gasteiger partial charge on any atom is 0.261 e. The highest BCUT2D eigenvalue weighted by molar-refractivity contribution is 7.92. The number of rotatable bonds is 9. The van der Waals surface area contributed by atoms with E-state index in [1.165, 1.54) is 12.1 Å². The van der Waals surface area contributed by atoms with Crippen LogP contribution in [0.4, 0.5) is 5.69 Å². The summed E-state index contributed by atoms with van der Waals surface area (Å²) >= 11 is 0. The van der Waals surface area contributed by atoms with Crippen molar-refractivity contribution in [2.24, 2.45) is 5.92 Å². The van der Waals surface area contributed by atoms with Crippen molar-refractivity contribution in [1.82, 2.24) is 4.90 Å². The van der Waals surface area contributed by atoms with Crippen molar-refractivity contribution in [2.45, 2.75) is 32.1 Å². The zero-order valence-corrected chi connectivity index (χ0v) is 19.1. The van der Waals surface area contributed by atoms with Gasteiger partial charge in [0.2, 0.25) is 0 Å². The van der Waals surface area contributed by atoms with Gasteiger partial charge in [-0.05, 0) is 69.2 Å². The normalized spacial score (nSPS) is 16.4. The second kappa shape index (κ2) is 10.2. The molecule has 1 saturated heterocycles. The predicted molar refractivity (Wildman–Crippen MR) is 120 cm³/mol. The summed E-state index contributed by atoms with van der Waals surface area (Å²) in [6, 6.07) is 11.4. The van der Waals surface area contributed by atoms with E-state index in [0.29, 0.717) is 55.8 Å². The summed E-state index contributed by atoms with van der Waals surface area (Å²) in [6.45, 7) is 8.76. The molecule has 0 aromatic heterocycles. The highest BCUT2D eigenvalue weighted by atomic mass is 32.2. The van der Waals surface area contributed by atoms with Crippen LogP contribution in [0.1, 0.15) is 36.2 Å². The Morgan fingerprint density at radius 1 is 1.13 bits per heavy atom. The first kappa shape index (κ1) is 23.1. The summed E-state index contributed by atoms with van der Waals surface area (Å²) in [4.78, 5) is 14.9. The van der Waals surface area contributed by atoms with Crippen LogP contribution in [0.2, 0.25) is 0 Å². The maximum absolute atomic E-state index is 13.1. The number of hydrogen-bond acceptors (Lipinski definition) is 5. The van der Waals surface area contributed by atoms with E-state index in [1.54, 1.807) is 35.2 Å². The third-order valence-electron chi connectivity index (χ3n) is 5.30. The van der Waals surface area contributed by atoms with Gasteiger partial charge in [-0.15, -0.1) is 0 Å². The number of carbonyl (C=O) groups excluding carboxylic acids is 1. The zero-order valence-electron chi connectivity index (χ0n) is 18.3. The van der Waals surface area contributed by atoms with Crippen molar-refractivity contribution in [3.8, 4) is 5.75 Å². The minimum absolute atomic E-state index is 0.0559. The van der Waals surface area contributed by atoms with E-state index in [4.69, 9.17) is 9.47 Å². The number of nitrogens with one attached hydrogen (secondary N) is 1. The molecule has 3 rings (SSSR count). The Balaban J connectivity index is 1.75. The Morgan fingerprint density at radius 3 is 2.55 bits per heavy atom. The molecular weight excluding hydrogens is 416 g/mol. The van der Waals surface area contributed by atoms with Gasteiger partial charge >= 0.3 is 0 Å². The number of carbonyl (C=O) groups is 1. The predicted octanol–water partition coefficient (Wildman–Crippen LogP) is 3.69. The smallest absolute Gasteiger partial charge is 0.261 e. The Bertz CT molecular complexity index is 1010. The van der Waals surface area contributed by atoms with Gasteiger partial charge in [0.15, 0.2) is 0 Å². The van der Waals surface area contributed by atoms with E-state index in [1.807, 2.05) is 20.8 Å². The van der Waals surface area contributed by atoms with E-state index in [-0.39, 0.29) is 10.8 Å². The molecule has 1 unspecified atom stereocenters. The lowest BCUT2D eigenvalue weighted by Crippen LogP contribution is -2.30. The number of aryl methyl sites for hydroxylation is 1. The average Bonchev–Trinajstić information content (AvgIpc) is 3.22. The molecule has 1 amide bonds. The fourth-order valence-corrected chi connectivity index (χ4v) is 4.69. The SMILES string of the molecule is CCOCC1CCN(C(=O)c2cc(S(=O)(=O)Nc3ccc(OCC)cc3)ccc2C)C1. The summed E-state index contributed by atoms with van der Waals surface area (Å²) in [7, 11) is -3.84. The van der Waals surface area contributed by atoms with E-state index in [0.717, 1.165) is 12.0 Å². The van der Waals surface area contributed by atoms with Crippen LogP contribution in [0.5, 0.6) is 5.75 Å². The molecule has 1 heterocycles. The van der Waals surface area contributed by atoms with Crippen LogP contribution in [-0.2, 0) is 14.8 Å². The lowest BCUT2D eigenvalue weighted by Gasteiger charge is -2.19. The molecule has 31 heavy (non-hydrogen) atoms. The van der Waals surface area contributed by atoms with E-state index in [2.05, 4.69) is 4.72 Å². The van der Waals surface area contributed by atoms with Crippen molar-refractivity contribution >= 4 is 21.6 Å². The number of likely N-dealkylation sites (tertiary alicyclic amines) is 1. The first-order valence-corrected chi connectivity index (χ1v) is 12.1. The Labute approximate surface area is 184 Å². The van der Waals surface area contributed by atoms with E-state index >= 15 is 0 Å². The molecule has 0 spiro atoms. The quantitative estimate of drug-likeness (QED) is 0.635. The number of amides is 1. The van der Waals surface area contributed by atoms with Gasteiger partial charge < -0.3 is 14.4 Å². The number of hydrogen-bond donors (Lipinski definition) is 1. The molecule has 0 saturated carbocycles. The van der Waals surface area contributed by atoms with Gasteiger partial charge in [-0.2, -0.15) is 0 Å². The molecule has 1 N–H and O–H groups in total. The molecule has 0 radical (unpaired) electrons. The van der Waals surface area contributed by atoms with Crippen LogP contribution in [0.3, 0.4) is 0 Å². The Morgan fingerprint density at radius 2 is 1.87 bits per heavy atom. The fraction of sp³-hybridized carbons (Fsp3) is 0.435. The topological polar surface area (TPSA) is 84.9 Å². The second-order valence-corrected chi connectivity index (χ2v) is 9.29. The summed E-state index contributed by atoms with van der Waals surface area (Å²) in [5.41, 5.74) is 1.58. The third kappa shape index (κ3) is 5.77. The minimum Gasteiger partial charge on any atom is -0.494 e. The molecule has 7 nitrogen and oxygen atoms in total. The first-order chi connectivity index (χ1) is 14.8. The average molecular weight is 447 g/mol. The number of anilines is 1. The molecule has 168 valence electrons. The van der Waals surface area contributed by atoms with E-state index in [9.17, 15) is 13.2 Å². The molecule has 8 heteroatoms. The summed E-state index contributed by atoms with van der Waals surface area (Å²) in [5.74, 6) is 0.842. The van der Waals surface area contributed by atoms with Gasteiger partial charge in [0.25, 0.3) is 15.9 Å². The Kier molecular flexibility index (Phi) is 7.56. The van der Waals surface area contributed by atoms with Gasteiger partial charge in [0.1, 0.15) is 5.75 Å². The standard InChI is InChI=1S/C23H30N2O5S/c1-4-29-16-18-12-13-25(15-18)23(26)22-14-21(11-6-17(22)3)31(27,28)24-19-7-9-20(10-8-19)30-5-2/h6-11,14,18,24H,4-5,12-13,15-16H2,1-3H3. The van der Waals surface area contributed by atoms with Crippen LogP contribution >= 0.6 is 0 Å². The molecular formula is C23H30N2O5S. The van der Waals surface area contributed by atoms with E-state index < -0.39 is 10.0 Å². The number of benzene rings is 2. The van der Waals surface area contributed by atoms with Crippen molar-refractivity contribution in [2.75, 3.05) is 37.6 Å². The molecule has 0 aliphatic carbocycles. The first-order valence-electron chi connectivity index (χ1n) is 10.6. The third-order valence-corrected chi connectivity index (χ3v) is 6.68. The van der Waals surface area contributed by atoms with Gasteiger partial charge in [0.05, 0.1) is 18.1 Å². The highest BCUT2D eigenvalue weighted by Gasteiger charge is 2.28. The van der Waals surface area contributed by atoms with Crippen molar-refractivity contribution < 1.29 is 22.7 Å². The van der Waals surface area contributed by atoms with Gasteiger partial charge in [-0.25, -0.2) is 8.42 Å². The Hall–Kier alpha value is -2.58.